The Morgan fingerprint density at radius 1 is 1.21 bits per heavy atom. The molecule has 0 spiro atoms. The van der Waals surface area contributed by atoms with Crippen LogP contribution in [0.4, 0.5) is 5.69 Å². The maximum Gasteiger partial charge on any atom is 0.306 e. The molecule has 1 saturated heterocycles. The van der Waals surface area contributed by atoms with Gasteiger partial charge in [-0.25, -0.2) is 0 Å². The molecule has 0 aliphatic carbocycles. The molecule has 0 radical (unpaired) electrons. The highest BCUT2D eigenvalue weighted by atomic mass is 35.5. The fourth-order valence-electron chi connectivity index (χ4n) is 3.59. The maximum absolute atomic E-state index is 12.4. The SMILES string of the molecule is CCOC(=O)CC1CCN(CC(=O)NC2=NN(c3ccc(Cl)c(Cl)c3)CC2)CC1. The van der Waals surface area contributed by atoms with Crippen molar-refractivity contribution in [1.29, 1.82) is 0 Å². The number of amides is 1. The van der Waals surface area contributed by atoms with Gasteiger partial charge in [-0.3, -0.25) is 19.5 Å². The van der Waals surface area contributed by atoms with E-state index in [1.807, 2.05) is 13.0 Å². The number of benzene rings is 1. The van der Waals surface area contributed by atoms with Crippen LogP contribution in [-0.4, -0.2) is 55.4 Å². The number of carbonyl (C=O) groups is 2. The van der Waals surface area contributed by atoms with E-state index in [9.17, 15) is 9.59 Å². The molecule has 29 heavy (non-hydrogen) atoms. The molecule has 0 saturated carbocycles. The van der Waals surface area contributed by atoms with Crippen molar-refractivity contribution in [1.82, 2.24) is 10.2 Å². The van der Waals surface area contributed by atoms with Crippen LogP contribution in [0, 0.1) is 5.92 Å². The highest BCUT2D eigenvalue weighted by Gasteiger charge is 2.24. The van der Waals surface area contributed by atoms with E-state index in [0.29, 0.717) is 54.3 Å². The Bertz CT molecular complexity index is 779. The molecule has 0 unspecified atom stereocenters. The summed E-state index contributed by atoms with van der Waals surface area (Å²) in [6, 6.07) is 5.35. The summed E-state index contributed by atoms with van der Waals surface area (Å²) < 4.78 is 5.02. The molecular formula is C20H26Cl2N4O3. The van der Waals surface area contributed by atoms with Crippen molar-refractivity contribution >= 4 is 46.6 Å². The highest BCUT2D eigenvalue weighted by Crippen LogP contribution is 2.28. The molecule has 2 aliphatic heterocycles. The van der Waals surface area contributed by atoms with Gasteiger partial charge in [0, 0.05) is 19.4 Å². The average molecular weight is 441 g/mol. The minimum atomic E-state index is -0.130. The number of hydrazone groups is 1. The van der Waals surface area contributed by atoms with Gasteiger partial charge in [-0.15, -0.1) is 0 Å². The van der Waals surface area contributed by atoms with E-state index in [1.54, 1.807) is 17.1 Å². The molecule has 0 atom stereocenters. The van der Waals surface area contributed by atoms with Crippen LogP contribution in [0.5, 0.6) is 0 Å². The average Bonchev–Trinajstić information content (AvgIpc) is 3.14. The zero-order chi connectivity index (χ0) is 20.8. The number of nitrogens with zero attached hydrogens (tertiary/aromatic N) is 3. The van der Waals surface area contributed by atoms with Gasteiger partial charge < -0.3 is 10.1 Å². The number of carbonyl (C=O) groups excluding carboxylic acids is 2. The van der Waals surface area contributed by atoms with Crippen LogP contribution in [0.15, 0.2) is 23.3 Å². The summed E-state index contributed by atoms with van der Waals surface area (Å²) >= 11 is 12.0. The molecule has 2 heterocycles. The summed E-state index contributed by atoms with van der Waals surface area (Å²) in [5.74, 6) is 0.795. The molecule has 1 amide bonds. The number of piperidine rings is 1. The number of anilines is 1. The van der Waals surface area contributed by atoms with E-state index in [0.717, 1.165) is 31.6 Å². The molecular weight excluding hydrogens is 415 g/mol. The van der Waals surface area contributed by atoms with Gasteiger partial charge in [0.15, 0.2) is 0 Å². The van der Waals surface area contributed by atoms with Gasteiger partial charge in [-0.1, -0.05) is 23.2 Å². The lowest BCUT2D eigenvalue weighted by Gasteiger charge is -2.30. The van der Waals surface area contributed by atoms with Crippen molar-refractivity contribution in [3.8, 4) is 0 Å². The molecule has 3 rings (SSSR count). The Morgan fingerprint density at radius 3 is 2.66 bits per heavy atom. The smallest absolute Gasteiger partial charge is 0.306 e. The summed E-state index contributed by atoms with van der Waals surface area (Å²) in [4.78, 5) is 26.1. The van der Waals surface area contributed by atoms with Gasteiger partial charge in [0.1, 0.15) is 5.84 Å². The minimum absolute atomic E-state index is 0.0661. The van der Waals surface area contributed by atoms with E-state index in [1.165, 1.54) is 0 Å². The van der Waals surface area contributed by atoms with Crippen LogP contribution in [-0.2, 0) is 14.3 Å². The maximum atomic E-state index is 12.4. The van der Waals surface area contributed by atoms with Gasteiger partial charge in [0.25, 0.3) is 0 Å². The van der Waals surface area contributed by atoms with Crippen LogP contribution in [0.25, 0.3) is 0 Å². The molecule has 2 aliphatic rings. The second-order valence-electron chi connectivity index (χ2n) is 7.30. The van der Waals surface area contributed by atoms with Crippen LogP contribution in [0.2, 0.25) is 10.0 Å². The first-order valence-electron chi connectivity index (χ1n) is 9.92. The fraction of sp³-hybridized carbons (Fsp3) is 0.550. The summed E-state index contributed by atoms with van der Waals surface area (Å²) in [6.45, 7) is 4.85. The largest absolute Gasteiger partial charge is 0.466 e. The molecule has 158 valence electrons. The molecule has 1 fully saturated rings. The Hall–Kier alpha value is -1.83. The summed E-state index contributed by atoms with van der Waals surface area (Å²) in [5.41, 5.74) is 0.840. The number of nitrogens with one attached hydrogen (secondary N) is 1. The van der Waals surface area contributed by atoms with Crippen molar-refractivity contribution in [3.63, 3.8) is 0 Å². The van der Waals surface area contributed by atoms with Gasteiger partial charge in [0.2, 0.25) is 5.91 Å². The number of esters is 1. The monoisotopic (exact) mass is 440 g/mol. The van der Waals surface area contributed by atoms with E-state index in [-0.39, 0.29) is 11.9 Å². The quantitative estimate of drug-likeness (QED) is 0.686. The van der Waals surface area contributed by atoms with Gasteiger partial charge in [-0.2, -0.15) is 5.10 Å². The molecule has 0 aromatic heterocycles. The normalized spacial score (nSPS) is 17.9. The molecule has 0 bridgehead atoms. The Kier molecular flexibility index (Phi) is 7.75. The highest BCUT2D eigenvalue weighted by molar-refractivity contribution is 6.42. The first-order chi connectivity index (χ1) is 13.9. The minimum Gasteiger partial charge on any atom is -0.466 e. The number of ether oxygens (including phenoxy) is 1. The summed E-state index contributed by atoms with van der Waals surface area (Å²) in [5, 5.41) is 10.2. The van der Waals surface area contributed by atoms with Gasteiger partial charge in [0.05, 0.1) is 28.9 Å². The van der Waals surface area contributed by atoms with E-state index in [2.05, 4.69) is 15.3 Å². The second kappa shape index (κ2) is 10.3. The van der Waals surface area contributed by atoms with E-state index in [4.69, 9.17) is 27.9 Å². The lowest BCUT2D eigenvalue weighted by molar-refractivity contribution is -0.144. The van der Waals surface area contributed by atoms with Gasteiger partial charge >= 0.3 is 5.97 Å². The van der Waals surface area contributed by atoms with Crippen molar-refractivity contribution in [2.75, 3.05) is 37.8 Å². The second-order valence-corrected chi connectivity index (χ2v) is 8.11. The predicted octanol–water partition coefficient (Wildman–Crippen LogP) is 3.30. The van der Waals surface area contributed by atoms with Crippen LogP contribution in [0.3, 0.4) is 0 Å². The van der Waals surface area contributed by atoms with Crippen molar-refractivity contribution in [3.05, 3.63) is 28.2 Å². The topological polar surface area (TPSA) is 74.2 Å². The number of hydrogen-bond donors (Lipinski definition) is 1. The third kappa shape index (κ3) is 6.32. The van der Waals surface area contributed by atoms with E-state index >= 15 is 0 Å². The van der Waals surface area contributed by atoms with E-state index < -0.39 is 0 Å². The number of halogens is 2. The zero-order valence-electron chi connectivity index (χ0n) is 16.5. The van der Waals surface area contributed by atoms with Crippen LogP contribution >= 0.6 is 23.2 Å². The van der Waals surface area contributed by atoms with Crippen molar-refractivity contribution in [2.24, 2.45) is 11.0 Å². The number of amidine groups is 1. The summed E-state index contributed by atoms with van der Waals surface area (Å²) in [7, 11) is 0. The van der Waals surface area contributed by atoms with Crippen LogP contribution in [0.1, 0.15) is 32.6 Å². The third-order valence-corrected chi connectivity index (χ3v) is 5.86. The number of hydrogen-bond acceptors (Lipinski definition) is 6. The third-order valence-electron chi connectivity index (χ3n) is 5.12. The van der Waals surface area contributed by atoms with Crippen molar-refractivity contribution < 1.29 is 14.3 Å². The fourth-order valence-corrected chi connectivity index (χ4v) is 3.88. The predicted molar refractivity (Wildman–Crippen MR) is 114 cm³/mol. The number of rotatable bonds is 6. The molecule has 1 aromatic carbocycles. The Morgan fingerprint density at radius 2 is 1.97 bits per heavy atom. The summed E-state index contributed by atoms with van der Waals surface area (Å²) in [6.07, 6.45) is 2.93. The lowest BCUT2D eigenvalue weighted by atomic mass is 9.93. The first kappa shape index (κ1) is 21.9. The van der Waals surface area contributed by atoms with Gasteiger partial charge in [-0.05, 0) is 57.0 Å². The molecule has 7 nitrogen and oxygen atoms in total. The lowest BCUT2D eigenvalue weighted by Crippen LogP contribution is -2.43. The van der Waals surface area contributed by atoms with Crippen LogP contribution < -0.4 is 10.3 Å². The standard InChI is InChI=1S/C20H26Cl2N4O3/c1-2-29-20(28)11-14-5-8-25(9-6-14)13-19(27)23-18-7-10-26(24-18)15-3-4-16(21)17(22)12-15/h3-4,12,14H,2,5-11,13H2,1H3,(H,23,24,27). The molecule has 9 heteroatoms. The molecule has 1 N–H and O–H groups in total. The first-order valence-corrected chi connectivity index (χ1v) is 10.7. The number of likely N-dealkylation sites (tertiary alicyclic amines) is 1. The van der Waals surface area contributed by atoms with Crippen molar-refractivity contribution in [2.45, 2.75) is 32.6 Å². The Balaban J connectivity index is 1.43. The zero-order valence-corrected chi connectivity index (χ0v) is 18.0. The molecule has 1 aromatic rings. The Labute approximate surface area is 181 Å².